The second-order valence-corrected chi connectivity index (χ2v) is 5.65. The molecule has 1 saturated heterocycles. The highest BCUT2D eigenvalue weighted by atomic mass is 35.5. The molecule has 0 unspecified atom stereocenters. The average Bonchev–Trinajstić information content (AvgIpc) is 2.53. The van der Waals surface area contributed by atoms with E-state index in [4.69, 9.17) is 9.47 Å². The zero-order valence-corrected chi connectivity index (χ0v) is 14.6. The van der Waals surface area contributed by atoms with Crippen LogP contribution in [0.1, 0.15) is 19.3 Å². The van der Waals surface area contributed by atoms with Crippen LogP contribution in [-0.2, 0) is 0 Å². The predicted octanol–water partition coefficient (Wildman–Crippen LogP) is -3.61. The molecule has 22 heavy (non-hydrogen) atoms. The van der Waals surface area contributed by atoms with E-state index in [0.29, 0.717) is 13.2 Å². The molecule has 1 aromatic rings. The maximum Gasteiger partial charge on any atom is 0.163 e. The predicted molar refractivity (Wildman–Crippen MR) is 81.0 cm³/mol. The van der Waals surface area contributed by atoms with Crippen LogP contribution in [0.4, 0.5) is 5.69 Å². The van der Waals surface area contributed by atoms with Crippen LogP contribution in [0.25, 0.3) is 0 Å². The standard InChI is InChI=1S/C16H24N2O2.2ClH/c1-17(9-10-18-7-3-2-4-8-18)14-5-6-15-16(13-14)20-12-11-19-15;;/h5-6,13H,2-4,7-12H2,1H3;2*1H/p-2. The molecule has 6 heteroatoms. The second kappa shape index (κ2) is 9.33. The van der Waals surface area contributed by atoms with Crippen molar-refractivity contribution in [1.82, 2.24) is 4.90 Å². The number of fused-ring (bicyclic) bond motifs is 1. The largest absolute Gasteiger partial charge is 1.00 e. The topological polar surface area (TPSA) is 24.9 Å². The fourth-order valence-corrected chi connectivity index (χ4v) is 2.87. The fourth-order valence-electron chi connectivity index (χ4n) is 2.87. The van der Waals surface area contributed by atoms with E-state index in [-0.39, 0.29) is 24.8 Å². The number of nitrogens with zero attached hydrogens (tertiary/aromatic N) is 2. The summed E-state index contributed by atoms with van der Waals surface area (Å²) in [5.41, 5.74) is 1.20. The van der Waals surface area contributed by atoms with Gasteiger partial charge in [-0.3, -0.25) is 0 Å². The van der Waals surface area contributed by atoms with E-state index < -0.39 is 0 Å². The van der Waals surface area contributed by atoms with Crippen molar-refractivity contribution in [2.24, 2.45) is 0 Å². The highest BCUT2D eigenvalue weighted by molar-refractivity contribution is 5.56. The van der Waals surface area contributed by atoms with Gasteiger partial charge in [0.1, 0.15) is 13.2 Å². The average molecular weight is 347 g/mol. The molecule has 0 spiro atoms. The highest BCUT2D eigenvalue weighted by Crippen LogP contribution is 2.33. The SMILES string of the molecule is CN(CCN1CCCCC1)c1ccc2c(c1)OCCO2.[Cl-].[Cl-]. The van der Waals surface area contributed by atoms with Crippen molar-refractivity contribution in [2.75, 3.05) is 51.3 Å². The molecule has 0 radical (unpaired) electrons. The summed E-state index contributed by atoms with van der Waals surface area (Å²) in [6.45, 7) is 6.01. The summed E-state index contributed by atoms with van der Waals surface area (Å²) in [6, 6.07) is 6.22. The van der Waals surface area contributed by atoms with Crippen LogP contribution in [-0.4, -0.2) is 51.3 Å². The molecule has 4 nitrogen and oxygen atoms in total. The number of hydrogen-bond donors (Lipinski definition) is 0. The van der Waals surface area contributed by atoms with Gasteiger partial charge in [-0.05, 0) is 38.1 Å². The van der Waals surface area contributed by atoms with Gasteiger partial charge in [-0.25, -0.2) is 0 Å². The van der Waals surface area contributed by atoms with Gasteiger partial charge in [0.2, 0.25) is 0 Å². The Bertz CT molecular complexity index is 454. The van der Waals surface area contributed by atoms with Crippen LogP contribution >= 0.6 is 0 Å². The molecule has 0 amide bonds. The van der Waals surface area contributed by atoms with Gasteiger partial charge in [-0.2, -0.15) is 0 Å². The Morgan fingerprint density at radius 3 is 2.41 bits per heavy atom. The molecule has 2 aliphatic rings. The number of halogens is 2. The summed E-state index contributed by atoms with van der Waals surface area (Å²) >= 11 is 0. The molecule has 126 valence electrons. The summed E-state index contributed by atoms with van der Waals surface area (Å²) in [5, 5.41) is 0. The minimum Gasteiger partial charge on any atom is -1.00 e. The molecular weight excluding hydrogens is 323 g/mol. The Hall–Kier alpha value is -0.840. The number of likely N-dealkylation sites (tertiary alicyclic amines) is 1. The first-order valence-electron chi connectivity index (χ1n) is 7.66. The molecule has 1 fully saturated rings. The minimum absolute atomic E-state index is 0. The summed E-state index contributed by atoms with van der Waals surface area (Å²) in [4.78, 5) is 4.87. The molecular formula is C16H24Cl2N2O2-2. The fraction of sp³-hybridized carbons (Fsp3) is 0.625. The molecule has 1 aromatic carbocycles. The van der Waals surface area contributed by atoms with Gasteiger partial charge in [-0.1, -0.05) is 6.42 Å². The molecule has 0 aromatic heterocycles. The lowest BCUT2D eigenvalue weighted by Crippen LogP contribution is -3.00. The number of piperidine rings is 1. The number of benzene rings is 1. The molecule has 2 heterocycles. The smallest absolute Gasteiger partial charge is 0.163 e. The van der Waals surface area contributed by atoms with Crippen LogP contribution in [0.3, 0.4) is 0 Å². The van der Waals surface area contributed by atoms with E-state index in [1.165, 1.54) is 38.0 Å². The molecule has 3 rings (SSSR count). The van der Waals surface area contributed by atoms with Gasteiger partial charge in [0.15, 0.2) is 11.5 Å². The van der Waals surface area contributed by atoms with E-state index in [1.807, 2.05) is 6.07 Å². The van der Waals surface area contributed by atoms with Crippen molar-refractivity contribution >= 4 is 5.69 Å². The normalized spacial score (nSPS) is 17.1. The van der Waals surface area contributed by atoms with Crippen LogP contribution in [0.5, 0.6) is 11.5 Å². The monoisotopic (exact) mass is 346 g/mol. The van der Waals surface area contributed by atoms with Gasteiger partial charge >= 0.3 is 0 Å². The molecule has 0 aliphatic carbocycles. The maximum atomic E-state index is 5.65. The third kappa shape index (κ3) is 4.83. The van der Waals surface area contributed by atoms with Crippen molar-refractivity contribution < 1.29 is 34.3 Å². The lowest BCUT2D eigenvalue weighted by Gasteiger charge is -2.29. The number of hydrogen-bond acceptors (Lipinski definition) is 4. The summed E-state index contributed by atoms with van der Waals surface area (Å²) in [7, 11) is 2.15. The van der Waals surface area contributed by atoms with Crippen molar-refractivity contribution in [3.05, 3.63) is 18.2 Å². The Kier molecular flexibility index (Phi) is 8.15. The Morgan fingerprint density at radius 1 is 1.00 bits per heavy atom. The molecule has 0 saturated carbocycles. The lowest BCUT2D eigenvalue weighted by molar-refractivity contribution is -0.001000. The van der Waals surface area contributed by atoms with E-state index >= 15 is 0 Å². The Labute approximate surface area is 145 Å². The van der Waals surface area contributed by atoms with E-state index in [9.17, 15) is 0 Å². The third-order valence-electron chi connectivity index (χ3n) is 4.17. The number of ether oxygens (including phenoxy) is 2. The van der Waals surface area contributed by atoms with Crippen molar-refractivity contribution in [2.45, 2.75) is 19.3 Å². The van der Waals surface area contributed by atoms with Gasteiger partial charge < -0.3 is 44.1 Å². The van der Waals surface area contributed by atoms with Gasteiger partial charge in [0, 0.05) is 31.9 Å². The molecule has 0 bridgehead atoms. The summed E-state index contributed by atoms with van der Waals surface area (Å²) < 4.78 is 11.2. The lowest BCUT2D eigenvalue weighted by atomic mass is 10.1. The highest BCUT2D eigenvalue weighted by Gasteiger charge is 2.14. The quantitative estimate of drug-likeness (QED) is 0.562. The van der Waals surface area contributed by atoms with Gasteiger partial charge in [0.05, 0.1) is 0 Å². The van der Waals surface area contributed by atoms with Gasteiger partial charge in [-0.15, -0.1) is 0 Å². The van der Waals surface area contributed by atoms with Gasteiger partial charge in [0.25, 0.3) is 0 Å². The first kappa shape index (κ1) is 19.2. The first-order chi connectivity index (χ1) is 9.83. The molecule has 0 atom stereocenters. The van der Waals surface area contributed by atoms with E-state index in [1.54, 1.807) is 0 Å². The Balaban J connectivity index is 0.00000121. The van der Waals surface area contributed by atoms with Crippen molar-refractivity contribution in [3.8, 4) is 11.5 Å². The van der Waals surface area contributed by atoms with Crippen molar-refractivity contribution in [3.63, 3.8) is 0 Å². The maximum absolute atomic E-state index is 5.65. The second-order valence-electron chi connectivity index (χ2n) is 5.65. The summed E-state index contributed by atoms with van der Waals surface area (Å²) in [6.07, 6.45) is 4.11. The van der Waals surface area contributed by atoms with E-state index in [2.05, 4.69) is 29.0 Å². The number of likely N-dealkylation sites (N-methyl/N-ethyl adjacent to an activating group) is 1. The zero-order chi connectivity index (χ0) is 13.8. The summed E-state index contributed by atoms with van der Waals surface area (Å²) in [5.74, 6) is 1.74. The van der Waals surface area contributed by atoms with Crippen LogP contribution in [0, 0.1) is 0 Å². The Morgan fingerprint density at radius 2 is 1.68 bits per heavy atom. The minimum atomic E-state index is 0. The van der Waals surface area contributed by atoms with E-state index in [0.717, 1.165) is 24.6 Å². The zero-order valence-electron chi connectivity index (χ0n) is 13.1. The van der Waals surface area contributed by atoms with Crippen molar-refractivity contribution in [1.29, 1.82) is 0 Å². The first-order valence-corrected chi connectivity index (χ1v) is 7.66. The third-order valence-corrected chi connectivity index (χ3v) is 4.17. The number of anilines is 1. The van der Waals surface area contributed by atoms with Crippen LogP contribution < -0.4 is 39.2 Å². The van der Waals surface area contributed by atoms with Crippen LogP contribution in [0.2, 0.25) is 0 Å². The molecule has 0 N–H and O–H groups in total. The molecule has 2 aliphatic heterocycles. The number of rotatable bonds is 4. The van der Waals surface area contributed by atoms with Crippen LogP contribution in [0.15, 0.2) is 18.2 Å².